The lowest BCUT2D eigenvalue weighted by atomic mass is 10.0. The summed E-state index contributed by atoms with van der Waals surface area (Å²) in [5.41, 5.74) is 1.25. The zero-order valence-electron chi connectivity index (χ0n) is 13.8. The van der Waals surface area contributed by atoms with Crippen molar-refractivity contribution in [1.82, 2.24) is 0 Å². The second-order valence-electron chi connectivity index (χ2n) is 6.22. The molecule has 1 aliphatic rings. The van der Waals surface area contributed by atoms with Crippen LogP contribution in [0.2, 0.25) is 0 Å². The van der Waals surface area contributed by atoms with E-state index in [0.29, 0.717) is 17.9 Å². The lowest BCUT2D eigenvalue weighted by Gasteiger charge is -2.10. The highest BCUT2D eigenvalue weighted by Crippen LogP contribution is 2.25. The maximum atomic E-state index is 11.4. The summed E-state index contributed by atoms with van der Waals surface area (Å²) in [5.74, 6) is 0.523. The Balaban J connectivity index is 1.57. The van der Waals surface area contributed by atoms with Crippen LogP contribution in [0, 0.1) is 5.92 Å². The van der Waals surface area contributed by atoms with Crippen molar-refractivity contribution in [2.24, 2.45) is 5.92 Å². The van der Waals surface area contributed by atoms with Crippen LogP contribution in [0.4, 0.5) is 0 Å². The fraction of sp³-hybridized carbons (Fsp3) is 0.368. The molecule has 1 fully saturated rings. The van der Waals surface area contributed by atoms with E-state index in [9.17, 15) is 9.59 Å². The highest BCUT2D eigenvalue weighted by Gasteiger charge is 2.30. The molecule has 2 aromatic rings. The summed E-state index contributed by atoms with van der Waals surface area (Å²) in [6, 6.07) is 8.51. The molecule has 2 unspecified atom stereocenters. The Hall–Kier alpha value is -2.56. The van der Waals surface area contributed by atoms with E-state index in [1.807, 2.05) is 32.1 Å². The second kappa shape index (κ2) is 6.91. The van der Waals surface area contributed by atoms with Crippen molar-refractivity contribution in [2.75, 3.05) is 6.61 Å². The molecule has 5 heteroatoms. The van der Waals surface area contributed by atoms with Crippen molar-refractivity contribution in [3.63, 3.8) is 0 Å². The minimum atomic E-state index is -0.379. The van der Waals surface area contributed by atoms with Crippen molar-refractivity contribution in [3.8, 4) is 5.75 Å². The van der Waals surface area contributed by atoms with Crippen molar-refractivity contribution < 1.29 is 18.7 Å². The SMILES string of the molecule is C/C(=C/COc1ccc2ccc(=O)oc2c1)CC1CC(C)C(=O)O1. The first-order valence-electron chi connectivity index (χ1n) is 8.04. The maximum absolute atomic E-state index is 11.4. The first-order valence-corrected chi connectivity index (χ1v) is 8.04. The monoisotopic (exact) mass is 328 g/mol. The summed E-state index contributed by atoms with van der Waals surface area (Å²) in [4.78, 5) is 22.7. The minimum absolute atomic E-state index is 0.00805. The van der Waals surface area contributed by atoms with Crippen molar-refractivity contribution in [1.29, 1.82) is 0 Å². The number of hydrogen-bond donors (Lipinski definition) is 0. The van der Waals surface area contributed by atoms with Crippen molar-refractivity contribution in [3.05, 3.63) is 52.4 Å². The van der Waals surface area contributed by atoms with Gasteiger partial charge >= 0.3 is 11.6 Å². The molecule has 0 spiro atoms. The molecule has 1 saturated heterocycles. The normalized spacial score (nSPS) is 21.1. The third-order valence-electron chi connectivity index (χ3n) is 4.13. The van der Waals surface area contributed by atoms with Crippen LogP contribution in [-0.4, -0.2) is 18.7 Å². The molecule has 0 radical (unpaired) electrons. The predicted molar refractivity (Wildman–Crippen MR) is 90.0 cm³/mol. The number of esters is 1. The van der Waals surface area contributed by atoms with Gasteiger partial charge in [0.25, 0.3) is 0 Å². The topological polar surface area (TPSA) is 65.7 Å². The number of fused-ring (bicyclic) bond motifs is 1. The average Bonchev–Trinajstić information content (AvgIpc) is 2.84. The summed E-state index contributed by atoms with van der Waals surface area (Å²) < 4.78 is 16.1. The third kappa shape index (κ3) is 3.85. The van der Waals surface area contributed by atoms with E-state index in [2.05, 4.69) is 0 Å². The number of rotatable bonds is 5. The molecule has 0 aliphatic carbocycles. The van der Waals surface area contributed by atoms with E-state index in [1.54, 1.807) is 12.1 Å². The maximum Gasteiger partial charge on any atom is 0.336 e. The number of cyclic esters (lactones) is 1. The first kappa shape index (κ1) is 16.3. The Morgan fingerprint density at radius 3 is 2.83 bits per heavy atom. The van der Waals surface area contributed by atoms with Crippen LogP contribution in [0.1, 0.15) is 26.7 Å². The highest BCUT2D eigenvalue weighted by molar-refractivity contribution is 5.77. The van der Waals surface area contributed by atoms with Gasteiger partial charge in [-0.25, -0.2) is 4.79 Å². The molecule has 3 rings (SSSR count). The van der Waals surface area contributed by atoms with E-state index in [0.717, 1.165) is 23.8 Å². The van der Waals surface area contributed by atoms with Crippen molar-refractivity contribution >= 4 is 16.9 Å². The Labute approximate surface area is 139 Å². The Bertz CT molecular complexity index is 833. The second-order valence-corrected chi connectivity index (χ2v) is 6.22. The molecule has 0 amide bonds. The number of benzene rings is 1. The van der Waals surface area contributed by atoms with E-state index < -0.39 is 0 Å². The minimum Gasteiger partial charge on any atom is -0.489 e. The first-order chi connectivity index (χ1) is 11.5. The van der Waals surface area contributed by atoms with E-state index in [4.69, 9.17) is 13.9 Å². The van der Waals surface area contributed by atoms with Gasteiger partial charge in [0.05, 0.1) is 5.92 Å². The van der Waals surface area contributed by atoms with E-state index in [1.165, 1.54) is 6.07 Å². The average molecular weight is 328 g/mol. The van der Waals surface area contributed by atoms with Crippen LogP contribution in [0.25, 0.3) is 11.0 Å². The van der Waals surface area contributed by atoms with Gasteiger partial charge in [0.2, 0.25) is 0 Å². The van der Waals surface area contributed by atoms with E-state index in [-0.39, 0.29) is 23.6 Å². The predicted octanol–water partition coefficient (Wildman–Crippen LogP) is 3.46. The van der Waals surface area contributed by atoms with Crippen LogP contribution in [-0.2, 0) is 9.53 Å². The zero-order valence-corrected chi connectivity index (χ0v) is 13.8. The molecular weight excluding hydrogens is 308 g/mol. The van der Waals surface area contributed by atoms with Crippen LogP contribution in [0.3, 0.4) is 0 Å². The molecule has 0 saturated carbocycles. The molecule has 1 aliphatic heterocycles. The molecule has 0 bridgehead atoms. The molecule has 126 valence electrons. The largest absolute Gasteiger partial charge is 0.489 e. The summed E-state index contributed by atoms with van der Waals surface area (Å²) in [6.07, 6.45) is 3.45. The summed E-state index contributed by atoms with van der Waals surface area (Å²) in [7, 11) is 0. The molecule has 24 heavy (non-hydrogen) atoms. The quantitative estimate of drug-likeness (QED) is 0.478. The molecule has 0 N–H and O–H groups in total. The Kier molecular flexibility index (Phi) is 4.69. The van der Waals surface area contributed by atoms with Gasteiger partial charge in [-0.2, -0.15) is 0 Å². The van der Waals surface area contributed by atoms with Crippen LogP contribution < -0.4 is 10.4 Å². The van der Waals surface area contributed by atoms with Gasteiger partial charge in [-0.15, -0.1) is 0 Å². The van der Waals surface area contributed by atoms with Crippen molar-refractivity contribution in [2.45, 2.75) is 32.8 Å². The fourth-order valence-corrected chi connectivity index (χ4v) is 2.80. The van der Waals surface area contributed by atoms with Gasteiger partial charge in [-0.3, -0.25) is 4.79 Å². The van der Waals surface area contributed by atoms with Gasteiger partial charge in [0, 0.05) is 23.9 Å². The lowest BCUT2D eigenvalue weighted by molar-refractivity contribution is -0.143. The lowest BCUT2D eigenvalue weighted by Crippen LogP contribution is -2.07. The van der Waals surface area contributed by atoms with Gasteiger partial charge in [0.1, 0.15) is 24.0 Å². The summed E-state index contributed by atoms with van der Waals surface area (Å²) in [5, 5.41) is 0.853. The third-order valence-corrected chi connectivity index (χ3v) is 4.13. The standard InChI is InChI=1S/C19H20O5/c1-12(9-16-10-13(2)19(21)23-16)7-8-22-15-5-3-14-4-6-18(20)24-17(14)11-15/h3-7,11,13,16H,8-10H2,1-2H3/b12-7-. The van der Waals surface area contributed by atoms with Crippen LogP contribution in [0.5, 0.6) is 5.75 Å². The highest BCUT2D eigenvalue weighted by atomic mass is 16.5. The molecule has 1 aromatic heterocycles. The van der Waals surface area contributed by atoms with Gasteiger partial charge in [-0.1, -0.05) is 12.5 Å². The number of carbonyl (C=O) groups excluding carboxylic acids is 1. The summed E-state index contributed by atoms with van der Waals surface area (Å²) >= 11 is 0. The van der Waals surface area contributed by atoms with Gasteiger partial charge in [0.15, 0.2) is 0 Å². The van der Waals surface area contributed by atoms with Crippen LogP contribution >= 0.6 is 0 Å². The zero-order chi connectivity index (χ0) is 17.1. The molecule has 2 atom stereocenters. The summed E-state index contributed by atoms with van der Waals surface area (Å²) in [6.45, 7) is 4.30. The Morgan fingerprint density at radius 1 is 1.29 bits per heavy atom. The molecular formula is C19H20O5. The van der Waals surface area contributed by atoms with Gasteiger partial charge < -0.3 is 13.9 Å². The van der Waals surface area contributed by atoms with Crippen LogP contribution in [0.15, 0.2) is 51.2 Å². The smallest absolute Gasteiger partial charge is 0.336 e. The van der Waals surface area contributed by atoms with Gasteiger partial charge in [-0.05, 0) is 37.6 Å². The number of hydrogen-bond acceptors (Lipinski definition) is 5. The number of carbonyl (C=O) groups is 1. The molecule has 2 heterocycles. The molecule has 5 nitrogen and oxygen atoms in total. The number of ether oxygens (including phenoxy) is 2. The fourth-order valence-electron chi connectivity index (χ4n) is 2.80. The molecule has 1 aromatic carbocycles. The van der Waals surface area contributed by atoms with E-state index >= 15 is 0 Å². The Morgan fingerprint density at radius 2 is 2.08 bits per heavy atom.